The Bertz CT molecular complexity index is 774. The van der Waals surface area contributed by atoms with E-state index in [9.17, 15) is 4.39 Å². The Labute approximate surface area is 130 Å². The summed E-state index contributed by atoms with van der Waals surface area (Å²) in [4.78, 5) is 4.40. The Kier molecular flexibility index (Phi) is 4.17. The number of hydrogen-bond donors (Lipinski definition) is 2. The molecule has 2 heterocycles. The molecule has 3 aromatic rings. The van der Waals surface area contributed by atoms with Crippen LogP contribution in [0, 0.1) is 5.82 Å². The molecule has 0 aliphatic carbocycles. The number of rotatable bonds is 4. The van der Waals surface area contributed by atoms with Crippen LogP contribution in [0.25, 0.3) is 10.2 Å². The number of hydrogen-bond acceptors (Lipinski definition) is 4. The number of thiophene rings is 1. The highest BCUT2D eigenvalue weighted by Gasteiger charge is 2.15. The zero-order valence-electron chi connectivity index (χ0n) is 11.0. The maximum absolute atomic E-state index is 13.5. The summed E-state index contributed by atoms with van der Waals surface area (Å²) in [6, 6.07) is 8.62. The Hall–Kier alpha value is -1.53. The molecule has 0 bridgehead atoms. The van der Waals surface area contributed by atoms with E-state index in [4.69, 9.17) is 17.4 Å². The van der Waals surface area contributed by atoms with Crippen molar-refractivity contribution in [3.63, 3.8) is 0 Å². The summed E-state index contributed by atoms with van der Waals surface area (Å²) in [6.07, 6.45) is 2.28. The van der Waals surface area contributed by atoms with Gasteiger partial charge in [-0.3, -0.25) is 16.3 Å². The molecular formula is C15H13ClFN3S. The molecule has 3 nitrogen and oxygen atoms in total. The van der Waals surface area contributed by atoms with E-state index < -0.39 is 5.82 Å². The first-order valence-corrected chi connectivity index (χ1v) is 7.67. The SMILES string of the molecule is NNC(Cc1cccc(F)c1Cl)c1cnc2ccsc2c1. The second-order valence-corrected chi connectivity index (χ2v) is 6.03. The van der Waals surface area contributed by atoms with Crippen molar-refractivity contribution < 1.29 is 4.39 Å². The lowest BCUT2D eigenvalue weighted by atomic mass is 10.0. The molecule has 1 aromatic carbocycles. The van der Waals surface area contributed by atoms with Crippen molar-refractivity contribution >= 4 is 33.2 Å². The van der Waals surface area contributed by atoms with E-state index in [0.717, 1.165) is 15.8 Å². The van der Waals surface area contributed by atoms with Crippen molar-refractivity contribution in [2.24, 2.45) is 5.84 Å². The molecule has 2 aromatic heterocycles. The summed E-state index contributed by atoms with van der Waals surface area (Å²) < 4.78 is 14.6. The Morgan fingerprint density at radius 1 is 1.38 bits per heavy atom. The molecule has 6 heteroatoms. The van der Waals surface area contributed by atoms with Gasteiger partial charge in [-0.2, -0.15) is 0 Å². The Balaban J connectivity index is 1.92. The molecule has 3 N–H and O–H groups in total. The summed E-state index contributed by atoms with van der Waals surface area (Å²) >= 11 is 7.63. The fraction of sp³-hybridized carbons (Fsp3) is 0.133. The number of nitrogens with one attached hydrogen (secondary N) is 1. The van der Waals surface area contributed by atoms with Crippen molar-refractivity contribution in [3.05, 3.63) is 63.9 Å². The van der Waals surface area contributed by atoms with Crippen LogP contribution in [0.15, 0.2) is 41.9 Å². The van der Waals surface area contributed by atoms with Gasteiger partial charge in [0.05, 0.1) is 21.3 Å². The van der Waals surface area contributed by atoms with Crippen LogP contribution < -0.4 is 11.3 Å². The third-order valence-corrected chi connectivity index (χ3v) is 4.66. The van der Waals surface area contributed by atoms with E-state index in [-0.39, 0.29) is 11.1 Å². The van der Waals surface area contributed by atoms with E-state index >= 15 is 0 Å². The topological polar surface area (TPSA) is 50.9 Å². The average molecular weight is 322 g/mol. The van der Waals surface area contributed by atoms with Gasteiger partial charge in [-0.05, 0) is 41.1 Å². The van der Waals surface area contributed by atoms with Gasteiger partial charge in [-0.15, -0.1) is 11.3 Å². The van der Waals surface area contributed by atoms with Gasteiger partial charge >= 0.3 is 0 Å². The third-order valence-electron chi connectivity index (χ3n) is 3.38. The van der Waals surface area contributed by atoms with Crippen LogP contribution in [0.1, 0.15) is 17.2 Å². The highest BCUT2D eigenvalue weighted by molar-refractivity contribution is 7.17. The van der Waals surface area contributed by atoms with Crippen molar-refractivity contribution in [2.75, 3.05) is 0 Å². The van der Waals surface area contributed by atoms with Gasteiger partial charge < -0.3 is 0 Å². The van der Waals surface area contributed by atoms with E-state index in [1.165, 1.54) is 6.07 Å². The molecule has 0 fully saturated rings. The molecule has 0 saturated heterocycles. The van der Waals surface area contributed by atoms with Gasteiger partial charge in [0, 0.05) is 6.20 Å². The molecular weight excluding hydrogens is 309 g/mol. The first-order chi connectivity index (χ1) is 10.2. The van der Waals surface area contributed by atoms with E-state index in [0.29, 0.717) is 12.0 Å². The quantitative estimate of drug-likeness (QED) is 0.567. The maximum Gasteiger partial charge on any atom is 0.142 e. The Morgan fingerprint density at radius 3 is 3.05 bits per heavy atom. The maximum atomic E-state index is 13.5. The number of hydrazine groups is 1. The molecule has 1 atom stereocenters. The summed E-state index contributed by atoms with van der Waals surface area (Å²) in [5.41, 5.74) is 5.38. The molecule has 1 unspecified atom stereocenters. The molecule has 0 aliphatic rings. The first kappa shape index (κ1) is 14.4. The zero-order chi connectivity index (χ0) is 14.8. The minimum absolute atomic E-state index is 0.142. The van der Waals surface area contributed by atoms with Crippen LogP contribution in [0.5, 0.6) is 0 Å². The minimum atomic E-state index is -0.420. The van der Waals surface area contributed by atoms with Gasteiger partial charge in [-0.25, -0.2) is 4.39 Å². The molecule has 21 heavy (non-hydrogen) atoms. The standard InChI is InChI=1S/C15H13ClFN3S/c16-15-9(2-1-3-11(15)17)6-13(20-18)10-7-14-12(19-8-10)4-5-21-14/h1-5,7-8,13,20H,6,18H2. The van der Waals surface area contributed by atoms with Crippen LogP contribution in [0.2, 0.25) is 5.02 Å². The van der Waals surface area contributed by atoms with Gasteiger partial charge in [0.15, 0.2) is 0 Å². The van der Waals surface area contributed by atoms with E-state index in [1.807, 2.05) is 17.5 Å². The van der Waals surface area contributed by atoms with Crippen LogP contribution in [0.4, 0.5) is 4.39 Å². The van der Waals surface area contributed by atoms with Gasteiger partial charge in [0.25, 0.3) is 0 Å². The second kappa shape index (κ2) is 6.07. The van der Waals surface area contributed by atoms with E-state index in [1.54, 1.807) is 29.7 Å². The summed E-state index contributed by atoms with van der Waals surface area (Å²) in [5.74, 6) is 5.23. The van der Waals surface area contributed by atoms with Crippen molar-refractivity contribution in [3.8, 4) is 0 Å². The van der Waals surface area contributed by atoms with Gasteiger partial charge in [0.1, 0.15) is 5.82 Å². The monoisotopic (exact) mass is 321 g/mol. The number of fused-ring (bicyclic) bond motifs is 1. The zero-order valence-corrected chi connectivity index (χ0v) is 12.6. The van der Waals surface area contributed by atoms with Crippen LogP contribution in [0.3, 0.4) is 0 Å². The van der Waals surface area contributed by atoms with Crippen LogP contribution in [-0.4, -0.2) is 4.98 Å². The lowest BCUT2D eigenvalue weighted by Crippen LogP contribution is -2.29. The normalized spacial score (nSPS) is 12.7. The molecule has 3 rings (SSSR count). The number of aromatic nitrogens is 1. The molecule has 108 valence electrons. The summed E-state index contributed by atoms with van der Waals surface area (Å²) in [7, 11) is 0. The molecule has 0 amide bonds. The minimum Gasteiger partial charge on any atom is -0.271 e. The largest absolute Gasteiger partial charge is 0.271 e. The fourth-order valence-electron chi connectivity index (χ4n) is 2.25. The first-order valence-electron chi connectivity index (χ1n) is 6.41. The van der Waals surface area contributed by atoms with Crippen molar-refractivity contribution in [2.45, 2.75) is 12.5 Å². The number of nitrogens with zero attached hydrogens (tertiary/aromatic N) is 1. The highest BCUT2D eigenvalue weighted by Crippen LogP contribution is 2.27. The fourth-order valence-corrected chi connectivity index (χ4v) is 3.24. The highest BCUT2D eigenvalue weighted by atomic mass is 35.5. The van der Waals surface area contributed by atoms with Crippen molar-refractivity contribution in [1.82, 2.24) is 10.4 Å². The predicted molar refractivity (Wildman–Crippen MR) is 84.8 cm³/mol. The smallest absolute Gasteiger partial charge is 0.142 e. The molecule has 0 aliphatic heterocycles. The van der Waals surface area contributed by atoms with Gasteiger partial charge in [0.2, 0.25) is 0 Å². The molecule has 0 spiro atoms. The van der Waals surface area contributed by atoms with Crippen LogP contribution in [-0.2, 0) is 6.42 Å². The number of nitrogens with two attached hydrogens (primary N) is 1. The molecule has 0 saturated carbocycles. The summed E-state index contributed by atoms with van der Waals surface area (Å²) in [5, 5.41) is 2.14. The predicted octanol–water partition coefficient (Wildman–Crippen LogP) is 3.84. The summed E-state index contributed by atoms with van der Waals surface area (Å²) in [6.45, 7) is 0. The second-order valence-electron chi connectivity index (χ2n) is 4.71. The number of pyridine rings is 1. The lowest BCUT2D eigenvalue weighted by Gasteiger charge is -2.17. The van der Waals surface area contributed by atoms with Gasteiger partial charge in [-0.1, -0.05) is 23.7 Å². The van der Waals surface area contributed by atoms with Crippen LogP contribution >= 0.6 is 22.9 Å². The lowest BCUT2D eigenvalue weighted by molar-refractivity contribution is 0.548. The third kappa shape index (κ3) is 2.91. The number of benzene rings is 1. The average Bonchev–Trinajstić information content (AvgIpc) is 2.96. The molecule has 0 radical (unpaired) electrons. The Morgan fingerprint density at radius 2 is 2.24 bits per heavy atom. The van der Waals surface area contributed by atoms with E-state index in [2.05, 4.69) is 10.4 Å². The number of halogens is 2. The van der Waals surface area contributed by atoms with Crippen molar-refractivity contribution in [1.29, 1.82) is 0 Å².